The first-order chi connectivity index (χ1) is 19.0. The minimum absolute atomic E-state index is 0.161. The molecule has 0 saturated heterocycles. The fourth-order valence-corrected chi connectivity index (χ4v) is 4.27. The number of nitrogens with one attached hydrogen (secondary N) is 1. The van der Waals surface area contributed by atoms with E-state index < -0.39 is 0 Å². The maximum absolute atomic E-state index is 13.1. The van der Waals surface area contributed by atoms with Gasteiger partial charge in [0.15, 0.2) is 17.2 Å². The Morgan fingerprint density at radius 1 is 0.949 bits per heavy atom. The Morgan fingerprint density at radius 2 is 1.74 bits per heavy atom. The van der Waals surface area contributed by atoms with Crippen LogP contribution < -0.4 is 24.3 Å². The number of benzene rings is 3. The molecule has 1 N–H and O–H groups in total. The van der Waals surface area contributed by atoms with Crippen LogP contribution in [0.2, 0.25) is 0 Å². The minimum atomic E-state index is -0.383. The van der Waals surface area contributed by atoms with Crippen molar-refractivity contribution in [3.63, 3.8) is 0 Å². The van der Waals surface area contributed by atoms with E-state index in [1.807, 2.05) is 36.4 Å². The highest BCUT2D eigenvalue weighted by atomic mass is 19.1. The van der Waals surface area contributed by atoms with Gasteiger partial charge in [0.2, 0.25) is 12.7 Å². The molecule has 1 aliphatic rings. The summed E-state index contributed by atoms with van der Waals surface area (Å²) in [5.74, 6) is 2.51. The van der Waals surface area contributed by atoms with Gasteiger partial charge >= 0.3 is 0 Å². The Morgan fingerprint density at radius 3 is 2.54 bits per heavy atom. The average Bonchev–Trinajstić information content (AvgIpc) is 3.62. The molecule has 2 heterocycles. The van der Waals surface area contributed by atoms with Gasteiger partial charge in [-0.05, 0) is 53.6 Å². The van der Waals surface area contributed by atoms with E-state index >= 15 is 0 Å². The van der Waals surface area contributed by atoms with Crippen molar-refractivity contribution < 1.29 is 32.5 Å². The number of rotatable bonds is 11. The summed E-state index contributed by atoms with van der Waals surface area (Å²) in [4.78, 5) is 19.2. The number of carbonyl (C=O) groups excluding carboxylic acids is 1. The molecule has 1 aliphatic heterocycles. The van der Waals surface area contributed by atoms with E-state index in [0.717, 1.165) is 22.4 Å². The summed E-state index contributed by atoms with van der Waals surface area (Å²) < 4.78 is 40.8. The first-order valence-electron chi connectivity index (χ1n) is 12.3. The third kappa shape index (κ3) is 6.47. The third-order valence-electron chi connectivity index (χ3n) is 6.23. The predicted octanol–water partition coefficient (Wildman–Crippen LogP) is 4.69. The maximum atomic E-state index is 13.1. The number of amides is 1. The van der Waals surface area contributed by atoms with Gasteiger partial charge in [-0.1, -0.05) is 18.2 Å². The Balaban J connectivity index is 1.32. The first kappa shape index (κ1) is 26.1. The molecule has 0 spiro atoms. The van der Waals surface area contributed by atoms with Gasteiger partial charge in [-0.15, -0.1) is 0 Å². The summed E-state index contributed by atoms with van der Waals surface area (Å²) in [7, 11) is 3.24. The predicted molar refractivity (Wildman–Crippen MR) is 139 cm³/mol. The molecule has 0 saturated carbocycles. The van der Waals surface area contributed by atoms with Crippen molar-refractivity contribution in [3.05, 3.63) is 101 Å². The number of fused-ring (bicyclic) bond motifs is 1. The summed E-state index contributed by atoms with van der Waals surface area (Å²) in [6.07, 6.45) is 1.33. The lowest BCUT2D eigenvalue weighted by Crippen LogP contribution is -2.24. The fraction of sp³-hybridized carbons (Fsp3) is 0.241. The zero-order valence-electron chi connectivity index (χ0n) is 21.6. The van der Waals surface area contributed by atoms with Crippen LogP contribution in [0.5, 0.6) is 23.0 Å². The van der Waals surface area contributed by atoms with Gasteiger partial charge in [0.1, 0.15) is 23.6 Å². The lowest BCUT2D eigenvalue weighted by molar-refractivity contribution is 0.0945. The molecule has 0 bridgehead atoms. The van der Waals surface area contributed by atoms with Crippen molar-refractivity contribution >= 4 is 5.91 Å². The van der Waals surface area contributed by atoms with E-state index in [4.69, 9.17) is 23.4 Å². The zero-order valence-corrected chi connectivity index (χ0v) is 21.6. The number of ether oxygens (including phenoxy) is 4. The van der Waals surface area contributed by atoms with E-state index in [1.165, 1.54) is 18.4 Å². The van der Waals surface area contributed by atoms with Crippen molar-refractivity contribution in [2.75, 3.05) is 21.0 Å². The molecule has 202 valence electrons. The molecule has 9 nitrogen and oxygen atoms in total. The smallest absolute Gasteiger partial charge is 0.273 e. The van der Waals surface area contributed by atoms with E-state index in [2.05, 4.69) is 15.2 Å². The van der Waals surface area contributed by atoms with E-state index in [-0.39, 0.29) is 30.8 Å². The Bertz CT molecular complexity index is 1440. The van der Waals surface area contributed by atoms with Crippen LogP contribution in [0.1, 0.15) is 33.1 Å². The second-order valence-electron chi connectivity index (χ2n) is 8.95. The highest BCUT2D eigenvalue weighted by Crippen LogP contribution is 2.33. The van der Waals surface area contributed by atoms with Crippen LogP contribution in [0.15, 0.2) is 71.3 Å². The second-order valence-corrected chi connectivity index (χ2v) is 8.95. The molecule has 0 unspecified atom stereocenters. The Labute approximate surface area is 225 Å². The number of aromatic nitrogens is 1. The average molecular weight is 534 g/mol. The van der Waals surface area contributed by atoms with Crippen LogP contribution in [0.4, 0.5) is 4.39 Å². The highest BCUT2D eigenvalue weighted by Gasteiger charge is 2.19. The molecular formula is C29H28FN3O6. The fourth-order valence-electron chi connectivity index (χ4n) is 4.27. The molecule has 39 heavy (non-hydrogen) atoms. The second kappa shape index (κ2) is 11.9. The number of nitrogens with zero attached hydrogens (tertiary/aromatic N) is 2. The van der Waals surface area contributed by atoms with Crippen molar-refractivity contribution in [1.82, 2.24) is 15.2 Å². The monoisotopic (exact) mass is 533 g/mol. The zero-order chi connectivity index (χ0) is 27.2. The summed E-state index contributed by atoms with van der Waals surface area (Å²) in [6, 6.07) is 17.4. The van der Waals surface area contributed by atoms with Crippen molar-refractivity contribution in [3.8, 4) is 23.0 Å². The van der Waals surface area contributed by atoms with Gasteiger partial charge in [0, 0.05) is 25.2 Å². The SMILES string of the molecule is COc1ccc(OC)c(CN(Cc2ccc3c(c2)OCO3)Cc2nc(C(=O)NCc3ccc(F)cc3)co2)c1. The topological polar surface area (TPSA) is 95.3 Å². The Hall–Kier alpha value is -4.57. The maximum Gasteiger partial charge on any atom is 0.273 e. The van der Waals surface area contributed by atoms with Crippen LogP contribution in [-0.2, 0) is 26.2 Å². The minimum Gasteiger partial charge on any atom is -0.497 e. The summed E-state index contributed by atoms with van der Waals surface area (Å²) >= 11 is 0. The van der Waals surface area contributed by atoms with Gasteiger partial charge in [0.25, 0.3) is 5.91 Å². The number of halogens is 1. The van der Waals surface area contributed by atoms with Crippen molar-refractivity contribution in [1.29, 1.82) is 0 Å². The standard InChI is InChI=1S/C29H28FN3O6/c1-35-23-8-10-25(36-2)21(12-23)15-33(14-20-5-9-26-27(11-20)39-18-38-26)16-28-32-24(17-37-28)29(34)31-13-19-3-6-22(30)7-4-19/h3-12,17H,13-16,18H2,1-2H3,(H,31,34). The molecule has 0 fully saturated rings. The molecule has 0 radical (unpaired) electrons. The first-order valence-corrected chi connectivity index (χ1v) is 12.3. The molecule has 1 amide bonds. The van der Waals surface area contributed by atoms with Gasteiger partial charge < -0.3 is 28.7 Å². The van der Waals surface area contributed by atoms with E-state index in [0.29, 0.717) is 42.8 Å². The normalized spacial score (nSPS) is 12.0. The molecule has 0 atom stereocenters. The summed E-state index contributed by atoms with van der Waals surface area (Å²) in [5.41, 5.74) is 2.86. The quantitative estimate of drug-likeness (QED) is 0.297. The molecule has 10 heteroatoms. The molecule has 3 aromatic carbocycles. The molecule has 5 rings (SSSR count). The van der Waals surface area contributed by atoms with E-state index in [9.17, 15) is 9.18 Å². The van der Waals surface area contributed by atoms with Gasteiger partial charge in [-0.3, -0.25) is 9.69 Å². The molecule has 0 aliphatic carbocycles. The molecule has 4 aromatic rings. The number of hydrogen-bond donors (Lipinski definition) is 1. The molecule has 1 aromatic heterocycles. The van der Waals surface area contributed by atoms with Crippen molar-refractivity contribution in [2.24, 2.45) is 0 Å². The summed E-state index contributed by atoms with van der Waals surface area (Å²) in [5, 5.41) is 2.78. The van der Waals surface area contributed by atoms with Crippen LogP contribution in [-0.4, -0.2) is 36.8 Å². The molecular weight excluding hydrogens is 505 g/mol. The van der Waals surface area contributed by atoms with Crippen LogP contribution in [0.25, 0.3) is 0 Å². The lowest BCUT2D eigenvalue weighted by Gasteiger charge is -2.22. The number of carbonyl (C=O) groups is 1. The summed E-state index contributed by atoms with van der Waals surface area (Å²) in [6.45, 7) is 1.79. The Kier molecular flexibility index (Phi) is 7.93. The van der Waals surface area contributed by atoms with Gasteiger partial charge in [-0.2, -0.15) is 0 Å². The third-order valence-corrected chi connectivity index (χ3v) is 6.23. The van der Waals surface area contributed by atoms with E-state index in [1.54, 1.807) is 26.4 Å². The lowest BCUT2D eigenvalue weighted by atomic mass is 10.1. The van der Waals surface area contributed by atoms with Gasteiger partial charge in [-0.25, -0.2) is 9.37 Å². The number of oxazole rings is 1. The van der Waals surface area contributed by atoms with Crippen LogP contribution >= 0.6 is 0 Å². The number of methoxy groups -OCH3 is 2. The van der Waals surface area contributed by atoms with Gasteiger partial charge in [0.05, 0.1) is 20.8 Å². The van der Waals surface area contributed by atoms with Crippen LogP contribution in [0.3, 0.4) is 0 Å². The largest absolute Gasteiger partial charge is 0.497 e. The van der Waals surface area contributed by atoms with Crippen molar-refractivity contribution in [2.45, 2.75) is 26.2 Å². The van der Waals surface area contributed by atoms with Crippen LogP contribution in [0, 0.1) is 5.82 Å². The highest BCUT2D eigenvalue weighted by molar-refractivity contribution is 5.91. The number of hydrogen-bond acceptors (Lipinski definition) is 8.